The molecule has 3 aromatic carbocycles. The van der Waals surface area contributed by atoms with Gasteiger partial charge < -0.3 is 0 Å². The van der Waals surface area contributed by atoms with Crippen LogP contribution in [0.3, 0.4) is 0 Å². The van der Waals surface area contributed by atoms with Gasteiger partial charge in [-0.1, -0.05) is 101 Å². The normalized spacial score (nSPS) is 10.2. The lowest BCUT2D eigenvalue weighted by molar-refractivity contribution is 0.917. The Morgan fingerprint density at radius 3 is 1.57 bits per heavy atom. The number of aryl methyl sites for hydroxylation is 4. The molecule has 3 aromatic rings. The van der Waals surface area contributed by atoms with Gasteiger partial charge in [0.2, 0.25) is 0 Å². The molecule has 0 aliphatic carbocycles. The Hall–Kier alpha value is -2.86. The Morgan fingerprint density at radius 2 is 1.10 bits per heavy atom. The predicted octanol–water partition coefficient (Wildman–Crippen LogP) is 8.71. The summed E-state index contributed by atoms with van der Waals surface area (Å²) in [7, 11) is 0. The lowest BCUT2D eigenvalue weighted by Crippen LogP contribution is -2.01. The Bertz CT molecular complexity index is 1030. The first-order valence-corrected chi connectivity index (χ1v) is 11.1. The van der Waals surface area contributed by atoms with E-state index in [1.54, 1.807) is 0 Å². The van der Waals surface area contributed by atoms with Crippen molar-refractivity contribution in [3.8, 4) is 0 Å². The van der Waals surface area contributed by atoms with E-state index in [-0.39, 0.29) is 0 Å². The van der Waals surface area contributed by atoms with Gasteiger partial charge in [-0.15, -0.1) is 0 Å². The molecule has 0 N–H and O–H groups in total. The maximum atomic E-state index is 4.46. The van der Waals surface area contributed by atoms with Gasteiger partial charge in [-0.25, -0.2) is 0 Å². The van der Waals surface area contributed by atoms with Gasteiger partial charge in [-0.2, -0.15) is 0 Å². The highest BCUT2D eigenvalue weighted by molar-refractivity contribution is 5.86. The summed E-state index contributed by atoms with van der Waals surface area (Å²) in [5, 5.41) is 0. The van der Waals surface area contributed by atoms with E-state index in [9.17, 15) is 0 Å². The standard InChI is InChI=1S/C28H30.C2H6/c1-7-12-24-18-27(22(5)25-15-10-8-13-19(25)2)21(4)17-28(24)23(6)26-16-11-9-14-20(26)3;1-2/h8-11,13-18H,5-7,12H2,1-4H3;1-2H3. The minimum Gasteiger partial charge on any atom is -0.0905 e. The second kappa shape index (κ2) is 10.8. The maximum absolute atomic E-state index is 4.46. The lowest BCUT2D eigenvalue weighted by Gasteiger charge is -2.19. The third-order valence-electron chi connectivity index (χ3n) is 5.56. The molecule has 0 atom stereocenters. The van der Waals surface area contributed by atoms with Crippen LogP contribution < -0.4 is 0 Å². The Balaban J connectivity index is 0.00000155. The molecule has 0 bridgehead atoms. The van der Waals surface area contributed by atoms with E-state index in [0.29, 0.717) is 0 Å². The monoisotopic (exact) mass is 396 g/mol. The van der Waals surface area contributed by atoms with E-state index in [0.717, 1.165) is 24.0 Å². The van der Waals surface area contributed by atoms with E-state index in [2.05, 4.69) is 102 Å². The molecule has 0 heterocycles. The molecule has 156 valence electrons. The van der Waals surface area contributed by atoms with Gasteiger partial charge >= 0.3 is 0 Å². The Labute approximate surface area is 184 Å². The molecule has 0 saturated carbocycles. The molecular formula is C30H36. The molecule has 30 heavy (non-hydrogen) atoms. The molecule has 0 unspecified atom stereocenters. The summed E-state index contributed by atoms with van der Waals surface area (Å²) in [6, 6.07) is 21.6. The summed E-state index contributed by atoms with van der Waals surface area (Å²) < 4.78 is 0. The molecule has 0 aliphatic rings. The Morgan fingerprint density at radius 1 is 0.633 bits per heavy atom. The number of hydrogen-bond acceptors (Lipinski definition) is 0. The van der Waals surface area contributed by atoms with Gasteiger partial charge in [0.25, 0.3) is 0 Å². The van der Waals surface area contributed by atoms with E-state index in [1.807, 2.05) is 13.8 Å². The zero-order valence-electron chi connectivity index (χ0n) is 19.6. The van der Waals surface area contributed by atoms with Crippen LogP contribution in [-0.2, 0) is 6.42 Å². The van der Waals surface area contributed by atoms with Gasteiger partial charge in [-0.05, 0) is 82.8 Å². The van der Waals surface area contributed by atoms with Gasteiger partial charge in [0, 0.05) is 0 Å². The van der Waals surface area contributed by atoms with Crippen LogP contribution in [-0.4, -0.2) is 0 Å². The highest BCUT2D eigenvalue weighted by atomic mass is 14.2. The van der Waals surface area contributed by atoms with Crippen molar-refractivity contribution in [1.29, 1.82) is 0 Å². The average Bonchev–Trinajstić information content (AvgIpc) is 2.76. The molecule has 0 radical (unpaired) electrons. The summed E-state index contributed by atoms with van der Waals surface area (Å²) in [4.78, 5) is 0. The van der Waals surface area contributed by atoms with E-state index < -0.39 is 0 Å². The third kappa shape index (κ3) is 5.00. The van der Waals surface area contributed by atoms with E-state index >= 15 is 0 Å². The van der Waals surface area contributed by atoms with Gasteiger partial charge in [-0.3, -0.25) is 0 Å². The van der Waals surface area contributed by atoms with Crippen molar-refractivity contribution in [2.45, 2.75) is 54.4 Å². The van der Waals surface area contributed by atoms with Crippen LogP contribution in [0.2, 0.25) is 0 Å². The predicted molar refractivity (Wildman–Crippen MR) is 135 cm³/mol. The summed E-state index contributed by atoms with van der Waals surface area (Å²) >= 11 is 0. The summed E-state index contributed by atoms with van der Waals surface area (Å²) in [6.07, 6.45) is 2.14. The van der Waals surface area contributed by atoms with Crippen molar-refractivity contribution in [2.75, 3.05) is 0 Å². The molecule has 3 rings (SSSR count). The molecule has 0 aliphatic heterocycles. The minimum atomic E-state index is 1.04. The topological polar surface area (TPSA) is 0 Å². The Kier molecular flexibility index (Phi) is 8.42. The second-order valence-corrected chi connectivity index (χ2v) is 7.66. The SMILES string of the molecule is C=C(c1ccccc1C)c1cc(CCC)c(C(=C)c2ccccc2C)cc1C.CC. The van der Waals surface area contributed by atoms with Crippen LogP contribution in [0.1, 0.15) is 71.7 Å². The smallest absolute Gasteiger partial charge is 0.0149 e. The fourth-order valence-electron chi connectivity index (χ4n) is 3.95. The first-order valence-electron chi connectivity index (χ1n) is 11.1. The van der Waals surface area contributed by atoms with E-state index in [1.165, 1.54) is 44.5 Å². The van der Waals surface area contributed by atoms with Crippen LogP contribution >= 0.6 is 0 Å². The zero-order chi connectivity index (χ0) is 22.3. The van der Waals surface area contributed by atoms with E-state index in [4.69, 9.17) is 0 Å². The zero-order valence-corrected chi connectivity index (χ0v) is 19.6. The fourth-order valence-corrected chi connectivity index (χ4v) is 3.95. The molecule has 0 aromatic heterocycles. The summed E-state index contributed by atoms with van der Waals surface area (Å²) in [5.41, 5.74) is 12.3. The third-order valence-corrected chi connectivity index (χ3v) is 5.56. The highest BCUT2D eigenvalue weighted by Gasteiger charge is 2.15. The quantitative estimate of drug-likeness (QED) is 0.391. The number of rotatable bonds is 6. The maximum Gasteiger partial charge on any atom is -0.0149 e. The molecular weight excluding hydrogens is 360 g/mol. The van der Waals surface area contributed by atoms with Crippen LogP contribution in [0.25, 0.3) is 11.1 Å². The number of hydrogen-bond donors (Lipinski definition) is 0. The van der Waals surface area contributed by atoms with Crippen molar-refractivity contribution in [2.24, 2.45) is 0 Å². The minimum absolute atomic E-state index is 1.04. The lowest BCUT2D eigenvalue weighted by atomic mass is 9.85. The number of benzene rings is 3. The molecule has 0 fully saturated rings. The van der Waals surface area contributed by atoms with Crippen molar-refractivity contribution in [1.82, 2.24) is 0 Å². The average molecular weight is 397 g/mol. The van der Waals surface area contributed by atoms with Crippen LogP contribution in [0.5, 0.6) is 0 Å². The second-order valence-electron chi connectivity index (χ2n) is 7.66. The summed E-state index contributed by atoms with van der Waals surface area (Å²) in [6.45, 7) is 21.6. The fraction of sp³-hybridized carbons (Fsp3) is 0.267. The molecule has 0 saturated heterocycles. The molecule has 0 nitrogen and oxygen atoms in total. The van der Waals surface area contributed by atoms with Gasteiger partial charge in [0.15, 0.2) is 0 Å². The van der Waals surface area contributed by atoms with Crippen molar-refractivity contribution in [3.63, 3.8) is 0 Å². The van der Waals surface area contributed by atoms with Crippen LogP contribution in [0, 0.1) is 20.8 Å². The van der Waals surface area contributed by atoms with Gasteiger partial charge in [0.05, 0.1) is 0 Å². The molecule has 0 heteroatoms. The van der Waals surface area contributed by atoms with Crippen LogP contribution in [0.15, 0.2) is 73.8 Å². The highest BCUT2D eigenvalue weighted by Crippen LogP contribution is 2.34. The molecule has 0 spiro atoms. The van der Waals surface area contributed by atoms with Crippen LogP contribution in [0.4, 0.5) is 0 Å². The molecule has 0 amide bonds. The first-order chi connectivity index (χ1) is 14.4. The van der Waals surface area contributed by atoms with Crippen molar-refractivity contribution < 1.29 is 0 Å². The summed E-state index contributed by atoms with van der Waals surface area (Å²) in [5.74, 6) is 0. The first kappa shape index (κ1) is 23.4. The largest absolute Gasteiger partial charge is 0.0905 e. The van der Waals surface area contributed by atoms with Crippen molar-refractivity contribution in [3.05, 3.63) is 118 Å². The van der Waals surface area contributed by atoms with Crippen molar-refractivity contribution >= 4 is 11.1 Å². The van der Waals surface area contributed by atoms with Gasteiger partial charge in [0.1, 0.15) is 0 Å².